The zero-order valence-corrected chi connectivity index (χ0v) is 23.8. The molecule has 0 aromatic rings. The van der Waals surface area contributed by atoms with Crippen LogP contribution in [-0.2, 0) is 37.9 Å². The Kier molecular flexibility index (Phi) is 15.2. The van der Waals surface area contributed by atoms with Gasteiger partial charge in [-0.25, -0.2) is 0 Å². The highest BCUT2D eigenvalue weighted by molar-refractivity contribution is 4.93. The zero-order valence-electron chi connectivity index (χ0n) is 23.8. The van der Waals surface area contributed by atoms with E-state index in [1.807, 2.05) is 6.92 Å². The van der Waals surface area contributed by atoms with Crippen LogP contribution in [0.5, 0.6) is 0 Å². The molecule has 0 amide bonds. The Labute approximate surface area is 247 Å². The van der Waals surface area contributed by atoms with E-state index in [0.717, 1.165) is 6.42 Å². The van der Waals surface area contributed by atoms with Crippen LogP contribution < -0.4 is 0 Å². The van der Waals surface area contributed by atoms with Gasteiger partial charge in [-0.3, -0.25) is 0 Å². The first-order chi connectivity index (χ1) is 20.5. The largest absolute Gasteiger partial charge is 0.387 e. The molecule has 10 N–H and O–H groups in total. The van der Waals surface area contributed by atoms with Crippen molar-refractivity contribution in [3.8, 4) is 0 Å². The van der Waals surface area contributed by atoms with E-state index in [2.05, 4.69) is 0 Å². The molecule has 254 valence electrons. The molecule has 18 nitrogen and oxygen atoms in total. The summed E-state index contributed by atoms with van der Waals surface area (Å²) in [5.74, 6) is 0. The molecule has 0 aromatic heterocycles. The number of aliphatic hydroxyl groups excluding tert-OH is 10. The van der Waals surface area contributed by atoms with Crippen molar-refractivity contribution in [2.24, 2.45) is 0 Å². The molecule has 0 bridgehead atoms. The fourth-order valence-corrected chi connectivity index (χ4v) is 4.62. The third kappa shape index (κ3) is 9.88. The monoisotopic (exact) mass is 634 g/mol. The molecule has 3 aliphatic rings. The number of aliphatic hydroxyl groups is 10. The standard InChI is InChI=1S/C25H46O18/c1-2-3-36-4-5-37-6-7-38-8-11-14(26)18(30)21(33)24(42-11)40-10-13-16(28)19(31)22(34)25(43-13)39-9-12-15(27)17(29)20(32)23(35)41-12/h11-35H,2-10H2,1H3/t11?,12?,13?,14-,15-,16-,17+,18+,19+,20?,21?,22?,23+,24+,25+/m1/s1. The van der Waals surface area contributed by atoms with Crippen molar-refractivity contribution in [2.45, 2.75) is 105 Å². The topological polar surface area (TPSA) is 276 Å². The molecule has 15 atom stereocenters. The summed E-state index contributed by atoms with van der Waals surface area (Å²) in [5, 5.41) is 101. The molecule has 0 saturated carbocycles. The molecule has 3 aliphatic heterocycles. The Hall–Kier alpha value is -0.720. The molecule has 3 saturated heterocycles. The fraction of sp³-hybridized carbons (Fsp3) is 1.00. The average molecular weight is 635 g/mol. The molecule has 0 aromatic carbocycles. The van der Waals surface area contributed by atoms with E-state index in [4.69, 9.17) is 37.9 Å². The predicted molar refractivity (Wildman–Crippen MR) is 137 cm³/mol. The average Bonchev–Trinajstić information content (AvgIpc) is 2.99. The normalized spacial score (nSPS) is 44.0. The highest BCUT2D eigenvalue weighted by Gasteiger charge is 2.49. The minimum absolute atomic E-state index is 0.148. The summed E-state index contributed by atoms with van der Waals surface area (Å²) < 4.78 is 43.0. The summed E-state index contributed by atoms with van der Waals surface area (Å²) in [7, 11) is 0. The first-order valence-electron chi connectivity index (χ1n) is 14.2. The van der Waals surface area contributed by atoms with Crippen molar-refractivity contribution in [3.05, 3.63) is 0 Å². The highest BCUT2D eigenvalue weighted by atomic mass is 16.7. The molecular weight excluding hydrogens is 588 g/mol. The van der Waals surface area contributed by atoms with Crippen LogP contribution in [0.4, 0.5) is 0 Å². The quantitative estimate of drug-likeness (QED) is 0.0707. The van der Waals surface area contributed by atoms with Gasteiger partial charge in [0.05, 0.1) is 46.2 Å². The minimum atomic E-state index is -1.83. The van der Waals surface area contributed by atoms with Crippen molar-refractivity contribution < 1.29 is 89.0 Å². The number of ether oxygens (including phenoxy) is 8. The summed E-state index contributed by atoms with van der Waals surface area (Å²) in [6.45, 7) is 2.54. The Morgan fingerprint density at radius 2 is 0.814 bits per heavy atom. The molecule has 0 aliphatic carbocycles. The summed E-state index contributed by atoms with van der Waals surface area (Å²) in [4.78, 5) is 0. The van der Waals surface area contributed by atoms with E-state index in [-0.39, 0.29) is 19.8 Å². The van der Waals surface area contributed by atoms with Crippen LogP contribution in [-0.4, -0.2) is 196 Å². The summed E-state index contributed by atoms with van der Waals surface area (Å²) in [5.41, 5.74) is 0. The van der Waals surface area contributed by atoms with Gasteiger partial charge in [-0.1, -0.05) is 6.92 Å². The lowest BCUT2D eigenvalue weighted by Crippen LogP contribution is -2.62. The lowest BCUT2D eigenvalue weighted by atomic mass is 9.98. The van der Waals surface area contributed by atoms with Gasteiger partial charge in [0.2, 0.25) is 0 Å². The van der Waals surface area contributed by atoms with Crippen LogP contribution >= 0.6 is 0 Å². The second kappa shape index (κ2) is 17.8. The van der Waals surface area contributed by atoms with Crippen LogP contribution in [0.15, 0.2) is 0 Å². The summed E-state index contributed by atoms with van der Waals surface area (Å²) in [6, 6.07) is 0. The second-order valence-electron chi connectivity index (χ2n) is 10.5. The van der Waals surface area contributed by atoms with Gasteiger partial charge in [0.1, 0.15) is 73.2 Å². The van der Waals surface area contributed by atoms with Gasteiger partial charge < -0.3 is 89.0 Å². The zero-order chi connectivity index (χ0) is 31.7. The van der Waals surface area contributed by atoms with Crippen molar-refractivity contribution in [1.29, 1.82) is 0 Å². The molecule has 3 rings (SSSR count). The third-order valence-corrected chi connectivity index (χ3v) is 7.25. The van der Waals surface area contributed by atoms with Crippen LogP contribution in [0.1, 0.15) is 13.3 Å². The first-order valence-corrected chi connectivity index (χ1v) is 14.2. The molecule has 18 heteroatoms. The summed E-state index contributed by atoms with van der Waals surface area (Å²) in [6.07, 6.45) is -23.3. The molecule has 0 radical (unpaired) electrons. The van der Waals surface area contributed by atoms with E-state index < -0.39 is 105 Å². The van der Waals surface area contributed by atoms with Crippen molar-refractivity contribution in [2.75, 3.05) is 52.9 Å². The lowest BCUT2D eigenvalue weighted by molar-refractivity contribution is -0.340. The number of hydrogen-bond acceptors (Lipinski definition) is 18. The van der Waals surface area contributed by atoms with Gasteiger partial charge >= 0.3 is 0 Å². The predicted octanol–water partition coefficient (Wildman–Crippen LogP) is -6.11. The number of hydrogen-bond donors (Lipinski definition) is 10. The maximum absolute atomic E-state index is 10.4. The van der Waals surface area contributed by atoms with Crippen LogP contribution in [0.3, 0.4) is 0 Å². The summed E-state index contributed by atoms with van der Waals surface area (Å²) >= 11 is 0. The van der Waals surface area contributed by atoms with Crippen LogP contribution in [0.2, 0.25) is 0 Å². The van der Waals surface area contributed by atoms with Crippen molar-refractivity contribution in [3.63, 3.8) is 0 Å². The van der Waals surface area contributed by atoms with Gasteiger partial charge in [0.15, 0.2) is 18.9 Å². The molecule has 43 heavy (non-hydrogen) atoms. The van der Waals surface area contributed by atoms with Crippen molar-refractivity contribution in [1.82, 2.24) is 0 Å². The SMILES string of the molecule is CCCOCCOCCOCC1O[C@H](OCC2O[C@H](OCC3O[C@H](O)C(O)[C@@H](O)[C@@H]3O)C(O)[C@@H](O)[C@@H]2O)C(O)[C@@H](O)[C@@H]1O. The van der Waals surface area contributed by atoms with Gasteiger partial charge in [0, 0.05) is 6.61 Å². The lowest BCUT2D eigenvalue weighted by Gasteiger charge is -2.43. The van der Waals surface area contributed by atoms with Crippen LogP contribution in [0, 0.1) is 0 Å². The van der Waals surface area contributed by atoms with E-state index >= 15 is 0 Å². The van der Waals surface area contributed by atoms with Gasteiger partial charge in [-0.2, -0.15) is 0 Å². The van der Waals surface area contributed by atoms with Crippen molar-refractivity contribution >= 4 is 0 Å². The Morgan fingerprint density at radius 3 is 1.30 bits per heavy atom. The molecule has 6 unspecified atom stereocenters. The van der Waals surface area contributed by atoms with E-state index in [1.54, 1.807) is 0 Å². The maximum Gasteiger partial charge on any atom is 0.186 e. The van der Waals surface area contributed by atoms with E-state index in [9.17, 15) is 51.1 Å². The first kappa shape index (κ1) is 36.7. The van der Waals surface area contributed by atoms with E-state index in [1.165, 1.54) is 0 Å². The van der Waals surface area contributed by atoms with Crippen LogP contribution in [0.25, 0.3) is 0 Å². The smallest absolute Gasteiger partial charge is 0.186 e. The molecule has 3 heterocycles. The highest BCUT2D eigenvalue weighted by Crippen LogP contribution is 2.27. The Morgan fingerprint density at radius 1 is 0.419 bits per heavy atom. The molecule has 3 fully saturated rings. The second-order valence-corrected chi connectivity index (χ2v) is 10.5. The third-order valence-electron chi connectivity index (χ3n) is 7.25. The Bertz CT molecular complexity index is 780. The molecule has 0 spiro atoms. The minimum Gasteiger partial charge on any atom is -0.387 e. The van der Waals surface area contributed by atoms with Gasteiger partial charge in [-0.15, -0.1) is 0 Å². The van der Waals surface area contributed by atoms with Gasteiger partial charge in [-0.05, 0) is 6.42 Å². The Balaban J connectivity index is 1.47. The maximum atomic E-state index is 10.4. The van der Waals surface area contributed by atoms with E-state index in [0.29, 0.717) is 19.8 Å². The fourth-order valence-electron chi connectivity index (χ4n) is 4.62. The van der Waals surface area contributed by atoms with Gasteiger partial charge in [0.25, 0.3) is 0 Å². The molecular formula is C25H46O18. The number of rotatable bonds is 16.